The molecule has 1 rings (SSSR count). The zero-order chi connectivity index (χ0) is 12.1. The number of carbonyl (C=O) groups is 1. The summed E-state index contributed by atoms with van der Waals surface area (Å²) in [6, 6.07) is 4.34. The van der Waals surface area contributed by atoms with Crippen molar-refractivity contribution in [1.82, 2.24) is 5.06 Å². The van der Waals surface area contributed by atoms with E-state index in [1.807, 2.05) is 0 Å². The van der Waals surface area contributed by atoms with E-state index < -0.39 is 11.7 Å². The third-order valence-corrected chi connectivity index (χ3v) is 2.36. The van der Waals surface area contributed by atoms with Gasteiger partial charge in [-0.1, -0.05) is 15.9 Å². The van der Waals surface area contributed by atoms with Gasteiger partial charge < -0.3 is 4.74 Å². The van der Waals surface area contributed by atoms with E-state index in [1.165, 1.54) is 26.3 Å². The molecule has 1 aromatic rings. The Labute approximate surface area is 101 Å². The van der Waals surface area contributed by atoms with Crippen molar-refractivity contribution in [3.8, 4) is 5.75 Å². The summed E-state index contributed by atoms with van der Waals surface area (Å²) in [6.07, 6.45) is 0. The highest BCUT2D eigenvalue weighted by Gasteiger charge is 2.10. The number of rotatable bonds is 4. The van der Waals surface area contributed by atoms with Crippen LogP contribution in [-0.2, 0) is 9.63 Å². The summed E-state index contributed by atoms with van der Waals surface area (Å²) >= 11 is 3.12. The number of hydroxylamine groups is 2. The van der Waals surface area contributed by atoms with Crippen LogP contribution in [0.3, 0.4) is 0 Å². The normalized spacial score (nSPS) is 10.0. The molecule has 6 heteroatoms. The van der Waals surface area contributed by atoms with Crippen LogP contribution in [0.5, 0.6) is 5.75 Å². The SMILES string of the molecule is CON(C)C(=O)COc1ccc(Br)cc1F. The van der Waals surface area contributed by atoms with Crippen molar-refractivity contribution in [2.24, 2.45) is 0 Å². The van der Waals surface area contributed by atoms with Gasteiger partial charge in [0.1, 0.15) is 0 Å². The first-order valence-electron chi connectivity index (χ1n) is 4.43. The third kappa shape index (κ3) is 3.46. The van der Waals surface area contributed by atoms with Crippen molar-refractivity contribution in [2.45, 2.75) is 0 Å². The highest BCUT2D eigenvalue weighted by molar-refractivity contribution is 9.10. The molecule has 88 valence electrons. The molecule has 0 aliphatic carbocycles. The van der Waals surface area contributed by atoms with E-state index in [-0.39, 0.29) is 12.4 Å². The van der Waals surface area contributed by atoms with Crippen LogP contribution in [0.4, 0.5) is 4.39 Å². The lowest BCUT2D eigenvalue weighted by Crippen LogP contribution is -2.30. The Kier molecular flexibility index (Phi) is 4.70. The van der Waals surface area contributed by atoms with Gasteiger partial charge in [0.25, 0.3) is 5.91 Å². The largest absolute Gasteiger partial charge is 0.481 e. The predicted octanol–water partition coefficient (Wildman–Crippen LogP) is 1.99. The molecule has 16 heavy (non-hydrogen) atoms. The predicted molar refractivity (Wildman–Crippen MR) is 59.4 cm³/mol. The van der Waals surface area contributed by atoms with Crippen molar-refractivity contribution in [3.63, 3.8) is 0 Å². The van der Waals surface area contributed by atoms with Crippen molar-refractivity contribution in [2.75, 3.05) is 20.8 Å². The van der Waals surface area contributed by atoms with Crippen LogP contribution in [0.1, 0.15) is 0 Å². The van der Waals surface area contributed by atoms with Crippen LogP contribution in [0.2, 0.25) is 0 Å². The van der Waals surface area contributed by atoms with Crippen LogP contribution < -0.4 is 4.74 Å². The topological polar surface area (TPSA) is 38.8 Å². The number of likely N-dealkylation sites (N-methyl/N-ethyl adjacent to an activating group) is 1. The zero-order valence-electron chi connectivity index (χ0n) is 8.87. The molecule has 0 atom stereocenters. The number of amides is 1. The summed E-state index contributed by atoms with van der Waals surface area (Å²) < 4.78 is 18.9. The monoisotopic (exact) mass is 291 g/mol. The minimum Gasteiger partial charge on any atom is -0.481 e. The molecule has 0 aliphatic rings. The molecule has 1 aromatic carbocycles. The van der Waals surface area contributed by atoms with Gasteiger partial charge in [-0.25, -0.2) is 9.45 Å². The van der Waals surface area contributed by atoms with Crippen LogP contribution in [0.25, 0.3) is 0 Å². The molecule has 0 heterocycles. The number of ether oxygens (including phenoxy) is 1. The number of hydrogen-bond acceptors (Lipinski definition) is 3. The number of carbonyl (C=O) groups excluding carboxylic acids is 1. The van der Waals surface area contributed by atoms with E-state index in [0.29, 0.717) is 4.47 Å². The molecule has 1 amide bonds. The highest BCUT2D eigenvalue weighted by atomic mass is 79.9. The second kappa shape index (κ2) is 5.81. The Morgan fingerprint density at radius 1 is 1.56 bits per heavy atom. The molecule has 0 fully saturated rings. The lowest BCUT2D eigenvalue weighted by Gasteiger charge is -2.14. The van der Waals surface area contributed by atoms with Gasteiger partial charge in [0, 0.05) is 11.5 Å². The summed E-state index contributed by atoms with van der Waals surface area (Å²) in [7, 11) is 2.81. The number of benzene rings is 1. The maximum Gasteiger partial charge on any atom is 0.283 e. The molecule has 0 unspecified atom stereocenters. The Morgan fingerprint density at radius 3 is 2.81 bits per heavy atom. The Hall–Kier alpha value is -1.14. The lowest BCUT2D eigenvalue weighted by molar-refractivity contribution is -0.170. The average molecular weight is 292 g/mol. The van der Waals surface area contributed by atoms with Crippen LogP contribution in [-0.4, -0.2) is 31.7 Å². The molecular formula is C10H11BrFNO3. The quantitative estimate of drug-likeness (QED) is 0.797. The number of halogens is 2. The zero-order valence-corrected chi connectivity index (χ0v) is 10.5. The van der Waals surface area contributed by atoms with E-state index in [1.54, 1.807) is 6.07 Å². The molecule has 0 saturated heterocycles. The first-order chi connectivity index (χ1) is 7.54. The molecule has 0 radical (unpaired) electrons. The van der Waals surface area contributed by atoms with Crippen molar-refractivity contribution >= 4 is 21.8 Å². The van der Waals surface area contributed by atoms with Crippen LogP contribution >= 0.6 is 15.9 Å². The summed E-state index contributed by atoms with van der Waals surface area (Å²) in [5.41, 5.74) is 0. The summed E-state index contributed by atoms with van der Waals surface area (Å²) in [5, 5.41) is 1.01. The Balaban J connectivity index is 2.58. The van der Waals surface area contributed by atoms with E-state index in [2.05, 4.69) is 20.8 Å². The molecule has 0 saturated carbocycles. The van der Waals surface area contributed by atoms with Gasteiger partial charge in [0.2, 0.25) is 0 Å². The van der Waals surface area contributed by atoms with Crippen molar-refractivity contribution in [1.29, 1.82) is 0 Å². The minimum atomic E-state index is -0.526. The summed E-state index contributed by atoms with van der Waals surface area (Å²) in [6.45, 7) is -0.275. The van der Waals surface area contributed by atoms with Crippen LogP contribution in [0, 0.1) is 5.82 Å². The third-order valence-electron chi connectivity index (χ3n) is 1.87. The second-order valence-corrected chi connectivity index (χ2v) is 3.85. The van der Waals surface area contributed by atoms with Gasteiger partial charge in [-0.2, -0.15) is 0 Å². The van der Waals surface area contributed by atoms with Gasteiger partial charge >= 0.3 is 0 Å². The number of hydrogen-bond donors (Lipinski definition) is 0. The summed E-state index contributed by atoms with van der Waals surface area (Å²) in [5.74, 6) is -0.895. The van der Waals surface area contributed by atoms with E-state index >= 15 is 0 Å². The second-order valence-electron chi connectivity index (χ2n) is 2.94. The van der Waals surface area contributed by atoms with Gasteiger partial charge in [0.15, 0.2) is 18.2 Å². The maximum atomic E-state index is 13.3. The fraction of sp³-hybridized carbons (Fsp3) is 0.300. The van der Waals surface area contributed by atoms with E-state index in [9.17, 15) is 9.18 Å². The van der Waals surface area contributed by atoms with E-state index in [4.69, 9.17) is 4.74 Å². The smallest absolute Gasteiger partial charge is 0.283 e. The van der Waals surface area contributed by atoms with E-state index in [0.717, 1.165) is 5.06 Å². The molecule has 0 aliphatic heterocycles. The Bertz CT molecular complexity index is 386. The minimum absolute atomic E-state index is 0.0288. The van der Waals surface area contributed by atoms with Crippen LogP contribution in [0.15, 0.2) is 22.7 Å². The molecule has 0 bridgehead atoms. The van der Waals surface area contributed by atoms with Gasteiger partial charge in [0.05, 0.1) is 7.11 Å². The fourth-order valence-electron chi connectivity index (χ4n) is 0.924. The maximum absolute atomic E-state index is 13.3. The van der Waals surface area contributed by atoms with Gasteiger partial charge in [-0.15, -0.1) is 0 Å². The Morgan fingerprint density at radius 2 is 2.25 bits per heavy atom. The van der Waals surface area contributed by atoms with Gasteiger partial charge in [-0.05, 0) is 18.2 Å². The average Bonchev–Trinajstić information content (AvgIpc) is 2.26. The molecule has 0 spiro atoms. The van der Waals surface area contributed by atoms with Gasteiger partial charge in [-0.3, -0.25) is 9.63 Å². The fourth-order valence-corrected chi connectivity index (χ4v) is 1.26. The first kappa shape index (κ1) is 12.9. The van der Waals surface area contributed by atoms with Crippen molar-refractivity contribution < 1.29 is 18.8 Å². The molecular weight excluding hydrogens is 281 g/mol. The number of nitrogens with zero attached hydrogens (tertiary/aromatic N) is 1. The molecule has 0 aromatic heterocycles. The first-order valence-corrected chi connectivity index (χ1v) is 5.22. The molecule has 0 N–H and O–H groups in total. The summed E-state index contributed by atoms with van der Waals surface area (Å²) in [4.78, 5) is 15.9. The van der Waals surface area contributed by atoms with Crippen molar-refractivity contribution in [3.05, 3.63) is 28.5 Å². The standard InChI is InChI=1S/C10H11BrFNO3/c1-13(15-2)10(14)6-16-9-4-3-7(11)5-8(9)12/h3-5H,6H2,1-2H3. The lowest BCUT2D eigenvalue weighted by atomic mass is 10.3. The molecule has 4 nitrogen and oxygen atoms in total. The highest BCUT2D eigenvalue weighted by Crippen LogP contribution is 2.21.